The molecule has 0 aromatic carbocycles. The van der Waals surface area contributed by atoms with E-state index >= 15 is 0 Å². The molecule has 6 nitrogen and oxygen atoms in total. The van der Waals surface area contributed by atoms with E-state index in [1.54, 1.807) is 19.3 Å². The molecular weight excluding hydrogens is 288 g/mol. The van der Waals surface area contributed by atoms with E-state index in [9.17, 15) is 4.79 Å². The highest BCUT2D eigenvalue weighted by Gasteiger charge is 2.20. The lowest BCUT2D eigenvalue weighted by molar-refractivity contribution is -0.120. The highest BCUT2D eigenvalue weighted by Crippen LogP contribution is 2.26. The monoisotopic (exact) mass is 304 g/mol. The molecule has 0 aliphatic carbocycles. The number of terminal acetylenes is 1. The molecule has 1 atom stereocenters. The number of carbonyl (C=O) groups is 1. The minimum atomic E-state index is -0.308. The summed E-state index contributed by atoms with van der Waals surface area (Å²) in [6.07, 6.45) is 6.71. The third-order valence-corrected chi connectivity index (χ3v) is 3.87. The number of rotatable bonds is 6. The molecule has 2 heterocycles. The van der Waals surface area contributed by atoms with Crippen LogP contribution in [0.1, 0.15) is 13.8 Å². The molecule has 0 saturated carbocycles. The second-order valence-electron chi connectivity index (χ2n) is 4.21. The third-order valence-electron chi connectivity index (χ3n) is 2.79. The molecule has 0 radical (unpaired) electrons. The topological polar surface area (TPSA) is 73.0 Å². The van der Waals surface area contributed by atoms with Gasteiger partial charge in [0.25, 0.3) is 0 Å². The summed E-state index contributed by atoms with van der Waals surface area (Å²) in [5.74, 6) is 3.56. The number of carbonyl (C=O) groups excluding carboxylic acids is 1. The Morgan fingerprint density at radius 2 is 2.43 bits per heavy atom. The van der Waals surface area contributed by atoms with Crippen molar-refractivity contribution < 1.29 is 9.21 Å². The Labute approximate surface area is 127 Å². The van der Waals surface area contributed by atoms with Crippen LogP contribution in [0, 0.1) is 12.3 Å². The zero-order chi connectivity index (χ0) is 15.2. The highest BCUT2D eigenvalue weighted by atomic mass is 32.2. The fourth-order valence-corrected chi connectivity index (χ4v) is 2.68. The largest absolute Gasteiger partial charge is 0.461 e. The predicted octanol–water partition coefficient (Wildman–Crippen LogP) is 1.79. The van der Waals surface area contributed by atoms with Crippen LogP contribution in [0.5, 0.6) is 0 Å². The normalized spacial score (nSPS) is 11.9. The number of hydrogen-bond acceptors (Lipinski definition) is 5. The molecule has 110 valence electrons. The van der Waals surface area contributed by atoms with Gasteiger partial charge in [-0.15, -0.1) is 16.6 Å². The van der Waals surface area contributed by atoms with Crippen molar-refractivity contribution in [2.75, 3.05) is 6.54 Å². The maximum absolute atomic E-state index is 11.8. The first-order valence-corrected chi connectivity index (χ1v) is 7.40. The summed E-state index contributed by atoms with van der Waals surface area (Å²) in [6.45, 7) is 4.70. The van der Waals surface area contributed by atoms with Gasteiger partial charge in [-0.05, 0) is 26.0 Å². The maximum atomic E-state index is 11.8. The number of aromatic nitrogens is 3. The molecule has 1 unspecified atom stereocenters. The first-order valence-electron chi connectivity index (χ1n) is 6.52. The van der Waals surface area contributed by atoms with Gasteiger partial charge in [-0.25, -0.2) is 0 Å². The number of nitrogens with one attached hydrogen (secondary N) is 1. The van der Waals surface area contributed by atoms with E-state index in [0.717, 1.165) is 0 Å². The lowest BCUT2D eigenvalue weighted by Gasteiger charge is -2.11. The van der Waals surface area contributed by atoms with E-state index in [2.05, 4.69) is 21.4 Å². The number of nitrogens with zero attached hydrogens (tertiary/aromatic N) is 3. The van der Waals surface area contributed by atoms with Crippen molar-refractivity contribution in [1.82, 2.24) is 20.1 Å². The van der Waals surface area contributed by atoms with Crippen molar-refractivity contribution in [3.63, 3.8) is 0 Å². The molecule has 0 saturated heterocycles. The second-order valence-corrected chi connectivity index (χ2v) is 5.52. The van der Waals surface area contributed by atoms with Gasteiger partial charge in [0.05, 0.1) is 18.1 Å². The van der Waals surface area contributed by atoms with Gasteiger partial charge < -0.3 is 9.73 Å². The molecule has 7 heteroatoms. The average molecular weight is 304 g/mol. The molecule has 0 bridgehead atoms. The van der Waals surface area contributed by atoms with Gasteiger partial charge in [-0.2, -0.15) is 0 Å². The van der Waals surface area contributed by atoms with E-state index in [1.807, 2.05) is 17.6 Å². The average Bonchev–Trinajstić information content (AvgIpc) is 3.13. The second kappa shape index (κ2) is 6.99. The summed E-state index contributed by atoms with van der Waals surface area (Å²) < 4.78 is 7.26. The fourth-order valence-electron chi connectivity index (χ4n) is 1.74. The molecule has 2 aromatic heterocycles. The van der Waals surface area contributed by atoms with E-state index in [4.69, 9.17) is 10.8 Å². The van der Waals surface area contributed by atoms with Crippen LogP contribution < -0.4 is 5.32 Å². The van der Waals surface area contributed by atoms with Crippen molar-refractivity contribution in [3.8, 4) is 23.9 Å². The van der Waals surface area contributed by atoms with Gasteiger partial charge in [0.2, 0.25) is 5.91 Å². The van der Waals surface area contributed by atoms with Crippen molar-refractivity contribution in [2.45, 2.75) is 30.8 Å². The van der Waals surface area contributed by atoms with Crippen LogP contribution in [0.15, 0.2) is 28.0 Å². The Hall–Kier alpha value is -2.20. The molecule has 2 rings (SSSR count). The van der Waals surface area contributed by atoms with Crippen LogP contribution in [-0.4, -0.2) is 32.5 Å². The lowest BCUT2D eigenvalue weighted by atomic mass is 10.4. The molecule has 1 amide bonds. The smallest absolute Gasteiger partial charge is 0.234 e. The molecular formula is C14H16N4O2S. The summed E-state index contributed by atoms with van der Waals surface area (Å²) in [5.41, 5.74) is 0. The number of furan rings is 1. The van der Waals surface area contributed by atoms with Gasteiger partial charge in [0.1, 0.15) is 0 Å². The zero-order valence-corrected chi connectivity index (χ0v) is 12.7. The minimum absolute atomic E-state index is 0.122. The van der Waals surface area contributed by atoms with Gasteiger partial charge >= 0.3 is 0 Å². The Balaban J connectivity index is 2.14. The standard InChI is InChI=1S/C14H16N4O2S/c1-4-8-15-13(19)10(3)21-14-17-16-12(18(14)5-2)11-7-6-9-20-11/h1,6-7,9-10H,5,8H2,2-3H3,(H,15,19). The SMILES string of the molecule is C#CCNC(=O)C(C)Sc1nnc(-c2ccco2)n1CC. The minimum Gasteiger partial charge on any atom is -0.461 e. The van der Waals surface area contributed by atoms with Gasteiger partial charge in [-0.3, -0.25) is 9.36 Å². The summed E-state index contributed by atoms with van der Waals surface area (Å²) >= 11 is 1.34. The van der Waals surface area contributed by atoms with Crippen molar-refractivity contribution in [3.05, 3.63) is 18.4 Å². The van der Waals surface area contributed by atoms with Crippen molar-refractivity contribution >= 4 is 17.7 Å². The van der Waals surface area contributed by atoms with Crippen LogP contribution in [0.4, 0.5) is 0 Å². The van der Waals surface area contributed by atoms with E-state index in [1.165, 1.54) is 11.8 Å². The summed E-state index contributed by atoms with van der Waals surface area (Å²) in [7, 11) is 0. The summed E-state index contributed by atoms with van der Waals surface area (Å²) in [5, 5.41) is 11.3. The Morgan fingerprint density at radius 3 is 3.05 bits per heavy atom. The van der Waals surface area contributed by atoms with E-state index in [-0.39, 0.29) is 17.7 Å². The first-order chi connectivity index (χ1) is 10.2. The molecule has 0 fully saturated rings. The molecule has 2 aromatic rings. The fraction of sp³-hybridized carbons (Fsp3) is 0.357. The van der Waals surface area contributed by atoms with Crippen LogP contribution in [0.2, 0.25) is 0 Å². The van der Waals surface area contributed by atoms with Crippen molar-refractivity contribution in [1.29, 1.82) is 0 Å². The third kappa shape index (κ3) is 3.47. The van der Waals surface area contributed by atoms with E-state index < -0.39 is 0 Å². The van der Waals surface area contributed by atoms with Gasteiger partial charge in [-0.1, -0.05) is 17.7 Å². The molecule has 1 N–H and O–H groups in total. The first kappa shape index (κ1) is 15.2. The number of amides is 1. The van der Waals surface area contributed by atoms with Crippen LogP contribution in [0.25, 0.3) is 11.6 Å². The predicted molar refractivity (Wildman–Crippen MR) is 80.6 cm³/mol. The van der Waals surface area contributed by atoms with Crippen LogP contribution in [0.3, 0.4) is 0 Å². The Bertz CT molecular complexity index is 642. The number of thioether (sulfide) groups is 1. The van der Waals surface area contributed by atoms with Gasteiger partial charge in [0.15, 0.2) is 16.7 Å². The van der Waals surface area contributed by atoms with Gasteiger partial charge in [0, 0.05) is 6.54 Å². The quantitative estimate of drug-likeness (QED) is 0.650. The zero-order valence-electron chi connectivity index (χ0n) is 11.9. The summed E-state index contributed by atoms with van der Waals surface area (Å²) in [4.78, 5) is 11.8. The molecule has 21 heavy (non-hydrogen) atoms. The number of hydrogen-bond donors (Lipinski definition) is 1. The maximum Gasteiger partial charge on any atom is 0.234 e. The Kier molecular flexibility index (Phi) is 5.06. The Morgan fingerprint density at radius 1 is 1.62 bits per heavy atom. The van der Waals surface area contributed by atoms with Crippen molar-refractivity contribution in [2.24, 2.45) is 0 Å². The molecule has 0 aliphatic heterocycles. The lowest BCUT2D eigenvalue weighted by Crippen LogP contribution is -2.31. The highest BCUT2D eigenvalue weighted by molar-refractivity contribution is 8.00. The molecule has 0 aliphatic rings. The summed E-state index contributed by atoms with van der Waals surface area (Å²) in [6, 6.07) is 3.63. The van der Waals surface area contributed by atoms with E-state index in [0.29, 0.717) is 23.3 Å². The molecule has 0 spiro atoms. The van der Waals surface area contributed by atoms with Crippen LogP contribution in [-0.2, 0) is 11.3 Å². The van der Waals surface area contributed by atoms with Crippen LogP contribution >= 0.6 is 11.8 Å².